The van der Waals surface area contributed by atoms with Crippen LogP contribution in [0.15, 0.2) is 48.6 Å². The number of hydrogen-bond acceptors (Lipinski definition) is 5. The third-order valence-corrected chi connectivity index (χ3v) is 16.6. The zero-order valence-electron chi connectivity index (χ0n) is 54.1. The van der Waals surface area contributed by atoms with Gasteiger partial charge in [-0.3, -0.25) is 9.59 Å². The van der Waals surface area contributed by atoms with Gasteiger partial charge in [0.05, 0.1) is 6.61 Å². The normalized spacial score (nSPS) is 12.4. The molecule has 5 nitrogen and oxygen atoms in total. The number of carbonyl (C=O) groups excluding carboxylic acids is 2. The summed E-state index contributed by atoms with van der Waals surface area (Å²) in [6, 6.07) is 0. The number of aliphatic hydroxyl groups excluding tert-OH is 1. The van der Waals surface area contributed by atoms with Crippen LogP contribution in [0.5, 0.6) is 0 Å². The minimum Gasteiger partial charge on any atom is -0.462 e. The monoisotopic (exact) mass is 1120 g/mol. The summed E-state index contributed by atoms with van der Waals surface area (Å²) in [7, 11) is 0. The SMILES string of the molecule is CC/C=C\C/C=C\C/C=C\C/C=C\CCCCCCCCCCCCCCCCCCCCCCCCCCCCC(=O)OC(CO)COC(=O)CCCCCCCCCCCCCCCCCCCCCCCCCCCCC. The fourth-order valence-corrected chi connectivity index (χ4v) is 11.3. The Morgan fingerprint density at radius 1 is 0.300 bits per heavy atom. The fraction of sp³-hybridized carbons (Fsp3) is 0.867. The molecule has 0 aliphatic heterocycles. The van der Waals surface area contributed by atoms with E-state index < -0.39 is 6.10 Å². The van der Waals surface area contributed by atoms with Crippen LogP contribution in [0, 0.1) is 0 Å². The second kappa shape index (κ2) is 71.1. The summed E-state index contributed by atoms with van der Waals surface area (Å²) in [5.41, 5.74) is 0. The Hall–Kier alpha value is -2.14. The molecule has 80 heavy (non-hydrogen) atoms. The molecule has 0 saturated carbocycles. The van der Waals surface area contributed by atoms with Crippen LogP contribution in [-0.2, 0) is 19.1 Å². The van der Waals surface area contributed by atoms with Gasteiger partial charge in [0.1, 0.15) is 6.61 Å². The van der Waals surface area contributed by atoms with Gasteiger partial charge in [0.2, 0.25) is 0 Å². The van der Waals surface area contributed by atoms with Gasteiger partial charge in [0.25, 0.3) is 0 Å². The number of allylic oxidation sites excluding steroid dienone is 8. The zero-order chi connectivity index (χ0) is 57.6. The first-order valence-electron chi connectivity index (χ1n) is 36.2. The van der Waals surface area contributed by atoms with Gasteiger partial charge in [-0.2, -0.15) is 0 Å². The lowest BCUT2D eigenvalue weighted by Gasteiger charge is -2.15. The smallest absolute Gasteiger partial charge is 0.306 e. The van der Waals surface area contributed by atoms with Gasteiger partial charge in [0, 0.05) is 12.8 Å². The molecule has 0 heterocycles. The van der Waals surface area contributed by atoms with Crippen molar-refractivity contribution in [2.75, 3.05) is 13.2 Å². The predicted molar refractivity (Wildman–Crippen MR) is 353 cm³/mol. The van der Waals surface area contributed by atoms with E-state index in [4.69, 9.17) is 9.47 Å². The molecular weight excluding hydrogens is 981 g/mol. The minimum atomic E-state index is -0.769. The van der Waals surface area contributed by atoms with Gasteiger partial charge in [0.15, 0.2) is 6.10 Å². The molecule has 0 amide bonds. The maximum absolute atomic E-state index is 12.4. The van der Waals surface area contributed by atoms with Gasteiger partial charge in [-0.05, 0) is 51.4 Å². The summed E-state index contributed by atoms with van der Waals surface area (Å²) in [5.74, 6) is -0.563. The molecule has 0 radical (unpaired) electrons. The van der Waals surface area contributed by atoms with Crippen molar-refractivity contribution in [3.05, 3.63) is 48.6 Å². The first kappa shape index (κ1) is 77.9. The number of ether oxygens (including phenoxy) is 2. The molecule has 0 spiro atoms. The van der Waals surface area contributed by atoms with Crippen molar-refractivity contribution in [3.8, 4) is 0 Å². The lowest BCUT2D eigenvalue weighted by atomic mass is 10.0. The Morgan fingerprint density at radius 2 is 0.537 bits per heavy atom. The van der Waals surface area contributed by atoms with E-state index in [9.17, 15) is 14.7 Å². The van der Waals surface area contributed by atoms with Crippen LogP contribution in [0.4, 0.5) is 0 Å². The molecule has 1 atom stereocenters. The van der Waals surface area contributed by atoms with Crippen LogP contribution in [0.1, 0.15) is 399 Å². The maximum Gasteiger partial charge on any atom is 0.306 e. The summed E-state index contributed by atoms with van der Waals surface area (Å²) in [6.07, 6.45) is 96.0. The zero-order valence-corrected chi connectivity index (χ0v) is 54.1. The van der Waals surface area contributed by atoms with Crippen LogP contribution < -0.4 is 0 Å². The lowest BCUT2D eigenvalue weighted by Crippen LogP contribution is -2.28. The highest BCUT2D eigenvalue weighted by Crippen LogP contribution is 2.19. The number of unbranched alkanes of at least 4 members (excludes halogenated alkanes) is 52. The first-order valence-corrected chi connectivity index (χ1v) is 36.2. The standard InChI is InChI=1S/C75H140O5/c1-3-5-7-9-11-13-15-17-19-21-23-25-27-29-31-32-33-34-35-36-37-38-39-40-41-42-44-46-48-50-52-54-56-58-60-62-64-66-68-70-75(78)80-73(71-76)72-79-74(77)69-67-65-63-61-59-57-55-53-51-49-47-45-43-30-28-26-24-22-20-18-16-14-12-10-8-6-4-2/h5,7,11,13,17,19,23,25,73,76H,3-4,6,8-10,12,14-16,18,20-22,24,26-72H2,1-2H3/b7-5-,13-11-,19-17-,25-23-. The quantitative estimate of drug-likeness (QED) is 0.0373. The molecule has 0 saturated heterocycles. The summed E-state index contributed by atoms with van der Waals surface area (Å²) < 4.78 is 10.8. The van der Waals surface area contributed by atoms with Crippen LogP contribution in [0.25, 0.3) is 0 Å². The molecule has 0 aliphatic carbocycles. The second-order valence-corrected chi connectivity index (χ2v) is 24.7. The van der Waals surface area contributed by atoms with E-state index in [1.54, 1.807) is 0 Å². The largest absolute Gasteiger partial charge is 0.462 e. The molecule has 1 N–H and O–H groups in total. The number of rotatable bonds is 68. The van der Waals surface area contributed by atoms with E-state index in [1.165, 1.54) is 315 Å². The summed E-state index contributed by atoms with van der Waals surface area (Å²) >= 11 is 0. The van der Waals surface area contributed by atoms with Gasteiger partial charge in [-0.1, -0.05) is 383 Å². The minimum absolute atomic E-state index is 0.0581. The Bertz CT molecular complexity index is 1320. The van der Waals surface area contributed by atoms with Gasteiger partial charge in [-0.15, -0.1) is 0 Å². The number of esters is 2. The summed E-state index contributed by atoms with van der Waals surface area (Å²) in [4.78, 5) is 24.7. The topological polar surface area (TPSA) is 72.8 Å². The molecule has 1 unspecified atom stereocenters. The van der Waals surface area contributed by atoms with Crippen LogP contribution in [0.3, 0.4) is 0 Å². The molecule has 0 aromatic heterocycles. The van der Waals surface area contributed by atoms with Gasteiger partial charge >= 0.3 is 11.9 Å². The van der Waals surface area contributed by atoms with Crippen molar-refractivity contribution in [3.63, 3.8) is 0 Å². The first-order chi connectivity index (χ1) is 39.6. The third kappa shape index (κ3) is 68.4. The van der Waals surface area contributed by atoms with Crippen molar-refractivity contribution >= 4 is 11.9 Å². The molecule has 0 aromatic rings. The van der Waals surface area contributed by atoms with E-state index >= 15 is 0 Å². The Morgan fingerprint density at radius 3 is 0.812 bits per heavy atom. The Labute approximate surface area is 500 Å². The van der Waals surface area contributed by atoms with Crippen LogP contribution in [-0.4, -0.2) is 36.4 Å². The van der Waals surface area contributed by atoms with E-state index in [2.05, 4.69) is 62.5 Å². The van der Waals surface area contributed by atoms with Crippen LogP contribution >= 0.6 is 0 Å². The molecule has 0 bridgehead atoms. The molecular formula is C75H140O5. The molecule has 5 heteroatoms. The maximum atomic E-state index is 12.4. The van der Waals surface area contributed by atoms with Crippen LogP contribution in [0.2, 0.25) is 0 Å². The van der Waals surface area contributed by atoms with Gasteiger partial charge in [-0.25, -0.2) is 0 Å². The highest BCUT2D eigenvalue weighted by molar-refractivity contribution is 5.70. The van der Waals surface area contributed by atoms with Crippen molar-refractivity contribution in [1.29, 1.82) is 0 Å². The highest BCUT2D eigenvalue weighted by atomic mass is 16.6. The third-order valence-electron chi connectivity index (χ3n) is 16.6. The lowest BCUT2D eigenvalue weighted by molar-refractivity contribution is -0.161. The average molecular weight is 1120 g/mol. The number of carbonyl (C=O) groups is 2. The van der Waals surface area contributed by atoms with Gasteiger partial charge < -0.3 is 14.6 Å². The van der Waals surface area contributed by atoms with Crippen molar-refractivity contribution in [1.82, 2.24) is 0 Å². The Balaban J connectivity index is 3.37. The van der Waals surface area contributed by atoms with Crippen molar-refractivity contribution in [2.24, 2.45) is 0 Å². The van der Waals surface area contributed by atoms with E-state index in [0.29, 0.717) is 12.8 Å². The van der Waals surface area contributed by atoms with E-state index in [0.717, 1.165) is 57.8 Å². The molecule has 0 fully saturated rings. The molecule has 470 valence electrons. The average Bonchev–Trinajstić information content (AvgIpc) is 3.46. The molecule has 0 aliphatic rings. The fourth-order valence-electron chi connectivity index (χ4n) is 11.3. The predicted octanol–water partition coefficient (Wildman–Crippen LogP) is 25.1. The van der Waals surface area contributed by atoms with Crippen molar-refractivity contribution < 1.29 is 24.2 Å². The Kier molecular flexibility index (Phi) is 69.2. The van der Waals surface area contributed by atoms with Crippen molar-refractivity contribution in [2.45, 2.75) is 405 Å². The molecule has 0 aromatic carbocycles. The number of hydrogen-bond donors (Lipinski definition) is 1. The molecule has 0 rings (SSSR count). The summed E-state index contributed by atoms with van der Waals surface area (Å²) in [6.45, 7) is 4.10. The van der Waals surface area contributed by atoms with E-state index in [1.807, 2.05) is 0 Å². The second-order valence-electron chi connectivity index (χ2n) is 24.7. The van der Waals surface area contributed by atoms with E-state index in [-0.39, 0.29) is 25.2 Å². The number of aliphatic hydroxyl groups is 1. The highest BCUT2D eigenvalue weighted by Gasteiger charge is 2.16. The summed E-state index contributed by atoms with van der Waals surface area (Å²) in [5, 5.41) is 9.71.